The molecular weight excluding hydrogens is 188 g/mol. The molecule has 14 heavy (non-hydrogen) atoms. The predicted octanol–water partition coefficient (Wildman–Crippen LogP) is 2.70. The summed E-state index contributed by atoms with van der Waals surface area (Å²) in [5.41, 5.74) is -0.108. The number of halogens is 2. The summed E-state index contributed by atoms with van der Waals surface area (Å²) in [6, 6.07) is 2.95. The van der Waals surface area contributed by atoms with Gasteiger partial charge in [-0.25, -0.2) is 8.78 Å². The zero-order valence-electron chi connectivity index (χ0n) is 7.81. The molecule has 1 N–H and O–H groups in total. The first-order valence-corrected chi connectivity index (χ1v) is 4.38. The molecule has 1 aromatic rings. The zero-order chi connectivity index (χ0) is 10.6. The highest BCUT2D eigenvalue weighted by Gasteiger charge is 2.06. The van der Waals surface area contributed by atoms with Crippen LogP contribution in [-0.4, -0.2) is 5.91 Å². The highest BCUT2D eigenvalue weighted by atomic mass is 19.1. The van der Waals surface area contributed by atoms with Gasteiger partial charge < -0.3 is 5.32 Å². The lowest BCUT2D eigenvalue weighted by Gasteiger charge is -2.05. The van der Waals surface area contributed by atoms with Gasteiger partial charge in [-0.05, 0) is 18.6 Å². The molecule has 0 unspecified atom stereocenters. The largest absolute Gasteiger partial charge is 0.324 e. The molecule has 0 aliphatic carbocycles. The highest BCUT2D eigenvalue weighted by molar-refractivity contribution is 5.90. The molecule has 4 heteroatoms. The molecule has 0 aliphatic rings. The topological polar surface area (TPSA) is 29.1 Å². The Morgan fingerprint density at radius 1 is 1.43 bits per heavy atom. The third-order valence-corrected chi connectivity index (χ3v) is 1.68. The lowest BCUT2D eigenvalue weighted by molar-refractivity contribution is -0.116. The fourth-order valence-corrected chi connectivity index (χ4v) is 1.03. The van der Waals surface area contributed by atoms with Crippen molar-refractivity contribution in [1.29, 1.82) is 0 Å². The zero-order valence-corrected chi connectivity index (χ0v) is 7.81. The molecule has 1 amide bonds. The number of carbonyl (C=O) groups is 1. The van der Waals surface area contributed by atoms with E-state index in [0.717, 1.165) is 18.2 Å². The van der Waals surface area contributed by atoms with Crippen LogP contribution in [0.25, 0.3) is 0 Å². The van der Waals surface area contributed by atoms with Gasteiger partial charge in [0.05, 0.1) is 5.69 Å². The number of anilines is 1. The molecule has 0 spiro atoms. The molecular formula is C10H11F2NO. The maximum Gasteiger partial charge on any atom is 0.224 e. The number of amides is 1. The normalized spacial score (nSPS) is 9.93. The van der Waals surface area contributed by atoms with Crippen molar-refractivity contribution in [2.75, 3.05) is 5.32 Å². The molecule has 76 valence electrons. The van der Waals surface area contributed by atoms with E-state index in [1.54, 1.807) is 0 Å². The van der Waals surface area contributed by atoms with Crippen LogP contribution in [0.1, 0.15) is 19.8 Å². The Morgan fingerprint density at radius 3 is 2.79 bits per heavy atom. The molecule has 0 bridgehead atoms. The Hall–Kier alpha value is -1.45. The lowest BCUT2D eigenvalue weighted by atomic mass is 10.2. The minimum absolute atomic E-state index is 0.108. The van der Waals surface area contributed by atoms with Crippen molar-refractivity contribution in [3.8, 4) is 0 Å². The first-order chi connectivity index (χ1) is 6.63. The van der Waals surface area contributed by atoms with E-state index in [4.69, 9.17) is 0 Å². The first-order valence-electron chi connectivity index (χ1n) is 4.38. The van der Waals surface area contributed by atoms with Crippen molar-refractivity contribution in [2.45, 2.75) is 19.8 Å². The molecule has 0 aliphatic heterocycles. The summed E-state index contributed by atoms with van der Waals surface area (Å²) < 4.78 is 25.7. The Kier molecular flexibility index (Phi) is 3.56. The van der Waals surface area contributed by atoms with E-state index in [1.807, 2.05) is 6.92 Å². The highest BCUT2D eigenvalue weighted by Crippen LogP contribution is 2.15. The molecule has 0 saturated heterocycles. The van der Waals surface area contributed by atoms with Crippen LogP contribution in [0.3, 0.4) is 0 Å². The first kappa shape index (κ1) is 10.6. The van der Waals surface area contributed by atoms with E-state index in [-0.39, 0.29) is 11.6 Å². The molecule has 0 aromatic heterocycles. The minimum atomic E-state index is -0.629. The van der Waals surface area contributed by atoms with Crippen LogP contribution in [0.5, 0.6) is 0 Å². The summed E-state index contributed by atoms with van der Waals surface area (Å²) in [7, 11) is 0. The second-order valence-electron chi connectivity index (χ2n) is 2.92. The molecule has 1 aromatic carbocycles. The van der Waals surface area contributed by atoms with Crippen LogP contribution in [-0.2, 0) is 4.79 Å². The number of carbonyl (C=O) groups excluding carboxylic acids is 1. The van der Waals surface area contributed by atoms with Gasteiger partial charge in [-0.1, -0.05) is 6.92 Å². The summed E-state index contributed by atoms with van der Waals surface area (Å²) in [6.45, 7) is 1.83. The number of benzene rings is 1. The van der Waals surface area contributed by atoms with Gasteiger partial charge in [0.2, 0.25) is 5.91 Å². The summed E-state index contributed by atoms with van der Waals surface area (Å²) in [5, 5.41) is 2.30. The standard InChI is InChI=1S/C10H11F2NO/c1-2-3-10(14)13-9-6-7(11)4-5-8(9)12/h4-6H,2-3H2,1H3,(H,13,14). The number of nitrogens with one attached hydrogen (secondary N) is 1. The van der Waals surface area contributed by atoms with Gasteiger partial charge in [-0.15, -0.1) is 0 Å². The monoisotopic (exact) mass is 199 g/mol. The fraction of sp³-hybridized carbons (Fsp3) is 0.300. The van der Waals surface area contributed by atoms with Gasteiger partial charge in [-0.3, -0.25) is 4.79 Å². The predicted molar refractivity (Wildman–Crippen MR) is 49.9 cm³/mol. The summed E-state index contributed by atoms with van der Waals surface area (Å²) >= 11 is 0. The maximum atomic E-state index is 13.0. The Balaban J connectivity index is 2.75. The minimum Gasteiger partial charge on any atom is -0.324 e. The van der Waals surface area contributed by atoms with Crippen molar-refractivity contribution in [3.63, 3.8) is 0 Å². The van der Waals surface area contributed by atoms with Crippen LogP contribution in [0.15, 0.2) is 18.2 Å². The number of hydrogen-bond acceptors (Lipinski definition) is 1. The molecule has 0 radical (unpaired) electrons. The second-order valence-corrected chi connectivity index (χ2v) is 2.92. The van der Waals surface area contributed by atoms with Gasteiger partial charge in [0, 0.05) is 12.5 Å². The molecule has 1 rings (SSSR count). The third kappa shape index (κ3) is 2.80. The number of hydrogen-bond donors (Lipinski definition) is 1. The van der Waals surface area contributed by atoms with E-state index in [9.17, 15) is 13.6 Å². The summed E-state index contributed by atoms with van der Waals surface area (Å²) in [5.74, 6) is -1.51. The Morgan fingerprint density at radius 2 is 2.14 bits per heavy atom. The smallest absolute Gasteiger partial charge is 0.224 e. The SMILES string of the molecule is CCCC(=O)Nc1cc(F)ccc1F. The van der Waals surface area contributed by atoms with Crippen molar-refractivity contribution < 1.29 is 13.6 Å². The van der Waals surface area contributed by atoms with E-state index in [1.165, 1.54) is 0 Å². The van der Waals surface area contributed by atoms with Crippen LogP contribution >= 0.6 is 0 Å². The van der Waals surface area contributed by atoms with Crippen molar-refractivity contribution in [1.82, 2.24) is 0 Å². The van der Waals surface area contributed by atoms with Crippen LogP contribution < -0.4 is 5.32 Å². The van der Waals surface area contributed by atoms with Crippen LogP contribution in [0, 0.1) is 11.6 Å². The molecule has 0 saturated carbocycles. The van der Waals surface area contributed by atoms with E-state index >= 15 is 0 Å². The molecule has 2 nitrogen and oxygen atoms in total. The van der Waals surface area contributed by atoms with Gasteiger partial charge in [0.15, 0.2) is 0 Å². The van der Waals surface area contributed by atoms with Crippen molar-refractivity contribution >= 4 is 11.6 Å². The van der Waals surface area contributed by atoms with Crippen molar-refractivity contribution in [2.24, 2.45) is 0 Å². The molecule has 0 heterocycles. The third-order valence-electron chi connectivity index (χ3n) is 1.68. The molecule has 0 fully saturated rings. The Bertz CT molecular complexity index is 339. The number of rotatable bonds is 3. The van der Waals surface area contributed by atoms with Gasteiger partial charge >= 0.3 is 0 Å². The van der Waals surface area contributed by atoms with Gasteiger partial charge in [0.25, 0.3) is 0 Å². The van der Waals surface area contributed by atoms with E-state index in [0.29, 0.717) is 12.8 Å². The quantitative estimate of drug-likeness (QED) is 0.796. The summed E-state index contributed by atoms with van der Waals surface area (Å²) in [6.07, 6.45) is 0.971. The van der Waals surface area contributed by atoms with E-state index in [2.05, 4.69) is 5.32 Å². The van der Waals surface area contributed by atoms with Gasteiger partial charge in [0.1, 0.15) is 11.6 Å². The van der Waals surface area contributed by atoms with E-state index < -0.39 is 11.6 Å². The van der Waals surface area contributed by atoms with Crippen molar-refractivity contribution in [3.05, 3.63) is 29.8 Å². The average Bonchev–Trinajstić information content (AvgIpc) is 2.12. The van der Waals surface area contributed by atoms with Crippen LogP contribution in [0.4, 0.5) is 14.5 Å². The Labute approximate surface area is 80.9 Å². The molecule has 0 atom stereocenters. The second kappa shape index (κ2) is 4.69. The summed E-state index contributed by atoms with van der Waals surface area (Å²) in [4.78, 5) is 11.1. The lowest BCUT2D eigenvalue weighted by Crippen LogP contribution is -2.11. The van der Waals surface area contributed by atoms with Crippen LogP contribution in [0.2, 0.25) is 0 Å². The maximum absolute atomic E-state index is 13.0. The average molecular weight is 199 g/mol. The fourth-order valence-electron chi connectivity index (χ4n) is 1.03. The van der Waals surface area contributed by atoms with Gasteiger partial charge in [-0.2, -0.15) is 0 Å².